The first-order valence-corrected chi connectivity index (χ1v) is 9.31. The molecule has 2 N–H and O–H groups in total. The number of hydrogen-bond donors (Lipinski definition) is 2. The van der Waals surface area contributed by atoms with Gasteiger partial charge in [-0.05, 0) is 39.0 Å². The zero-order valence-corrected chi connectivity index (χ0v) is 17.4. The second-order valence-electron chi connectivity index (χ2n) is 7.02. The number of anilines is 1. The maximum absolute atomic E-state index is 12.8. The van der Waals surface area contributed by atoms with Gasteiger partial charge in [-0.3, -0.25) is 14.5 Å². The minimum Gasteiger partial charge on any atom is -0.444 e. The zero-order chi connectivity index (χ0) is 20.2. The molecule has 0 bridgehead atoms. The van der Waals surface area contributed by atoms with Crippen LogP contribution in [-0.4, -0.2) is 61.3 Å². The standard InChI is InChI=1S/C18H24BrN3O5/c1-18(2,3)27-17(25)22-7-8-26-10-14(22)16(24)21-13-9-11(19)5-6-12(13)15(23)20-4/h5-6,9,14H,7-8,10H2,1-4H3,(H,20,23)(H,21,24). The van der Waals surface area contributed by atoms with E-state index in [1.54, 1.807) is 39.0 Å². The normalized spacial score (nSPS) is 17.2. The number of carbonyl (C=O) groups excluding carboxylic acids is 3. The second kappa shape index (κ2) is 8.71. The molecule has 3 amide bonds. The van der Waals surface area contributed by atoms with Crippen LogP contribution >= 0.6 is 15.9 Å². The fourth-order valence-corrected chi connectivity index (χ4v) is 2.89. The molecule has 1 fully saturated rings. The third-order valence-corrected chi connectivity index (χ3v) is 4.26. The molecule has 8 nitrogen and oxygen atoms in total. The lowest BCUT2D eigenvalue weighted by atomic mass is 10.1. The van der Waals surface area contributed by atoms with E-state index in [9.17, 15) is 14.4 Å². The van der Waals surface area contributed by atoms with Crippen LogP contribution < -0.4 is 10.6 Å². The average Bonchev–Trinajstić information content (AvgIpc) is 2.59. The summed E-state index contributed by atoms with van der Waals surface area (Å²) in [6.07, 6.45) is -0.577. The van der Waals surface area contributed by atoms with Gasteiger partial charge in [-0.2, -0.15) is 0 Å². The molecule has 1 aliphatic heterocycles. The molecule has 1 unspecified atom stereocenters. The number of amides is 3. The number of halogens is 1. The monoisotopic (exact) mass is 441 g/mol. The van der Waals surface area contributed by atoms with Crippen LogP contribution in [0.2, 0.25) is 0 Å². The lowest BCUT2D eigenvalue weighted by Gasteiger charge is -2.35. The van der Waals surface area contributed by atoms with Gasteiger partial charge >= 0.3 is 6.09 Å². The van der Waals surface area contributed by atoms with E-state index in [4.69, 9.17) is 9.47 Å². The predicted molar refractivity (Wildman–Crippen MR) is 104 cm³/mol. The van der Waals surface area contributed by atoms with Gasteiger partial charge in [0.1, 0.15) is 11.6 Å². The first-order valence-electron chi connectivity index (χ1n) is 8.52. The van der Waals surface area contributed by atoms with Crippen LogP contribution in [0.1, 0.15) is 31.1 Å². The summed E-state index contributed by atoms with van der Waals surface area (Å²) in [5, 5.41) is 5.26. The Balaban J connectivity index is 2.21. The van der Waals surface area contributed by atoms with Crippen LogP contribution in [0.15, 0.2) is 22.7 Å². The van der Waals surface area contributed by atoms with Crippen molar-refractivity contribution in [3.63, 3.8) is 0 Å². The number of ether oxygens (including phenoxy) is 2. The molecule has 27 heavy (non-hydrogen) atoms. The van der Waals surface area contributed by atoms with Gasteiger partial charge in [-0.1, -0.05) is 15.9 Å². The topological polar surface area (TPSA) is 97.0 Å². The quantitative estimate of drug-likeness (QED) is 0.750. The van der Waals surface area contributed by atoms with Crippen LogP contribution in [0.25, 0.3) is 0 Å². The van der Waals surface area contributed by atoms with Crippen molar-refractivity contribution in [3.05, 3.63) is 28.2 Å². The molecular weight excluding hydrogens is 418 g/mol. The number of rotatable bonds is 3. The van der Waals surface area contributed by atoms with Crippen molar-refractivity contribution in [3.8, 4) is 0 Å². The van der Waals surface area contributed by atoms with Crippen LogP contribution in [0.5, 0.6) is 0 Å². The van der Waals surface area contributed by atoms with E-state index in [0.29, 0.717) is 22.3 Å². The Labute approximate surface area is 166 Å². The Bertz CT molecular complexity index is 732. The summed E-state index contributed by atoms with van der Waals surface area (Å²) < 4.78 is 11.5. The molecule has 1 aromatic rings. The van der Waals surface area contributed by atoms with Crippen molar-refractivity contribution >= 4 is 39.5 Å². The molecule has 0 spiro atoms. The van der Waals surface area contributed by atoms with Crippen molar-refractivity contribution in [1.29, 1.82) is 0 Å². The number of nitrogens with zero attached hydrogens (tertiary/aromatic N) is 1. The average molecular weight is 442 g/mol. The van der Waals surface area contributed by atoms with Crippen LogP contribution in [0, 0.1) is 0 Å². The smallest absolute Gasteiger partial charge is 0.411 e. The van der Waals surface area contributed by atoms with E-state index in [2.05, 4.69) is 26.6 Å². The van der Waals surface area contributed by atoms with Gasteiger partial charge in [0.15, 0.2) is 0 Å². The van der Waals surface area contributed by atoms with Gasteiger partial charge < -0.3 is 20.1 Å². The summed E-state index contributed by atoms with van der Waals surface area (Å²) in [5.74, 6) is -0.787. The Morgan fingerprint density at radius 2 is 2.00 bits per heavy atom. The molecule has 148 valence electrons. The molecule has 1 saturated heterocycles. The van der Waals surface area contributed by atoms with Crippen molar-refractivity contribution in [2.24, 2.45) is 0 Å². The molecule has 0 saturated carbocycles. The third kappa shape index (κ3) is 5.67. The first-order chi connectivity index (χ1) is 12.6. The molecule has 1 aliphatic rings. The van der Waals surface area contributed by atoms with E-state index < -0.39 is 23.6 Å². The number of benzene rings is 1. The van der Waals surface area contributed by atoms with Crippen LogP contribution in [-0.2, 0) is 14.3 Å². The maximum atomic E-state index is 12.8. The van der Waals surface area contributed by atoms with Crippen molar-refractivity contribution in [2.45, 2.75) is 32.4 Å². The molecule has 0 aromatic heterocycles. The first kappa shape index (κ1) is 21.2. The molecule has 2 rings (SSSR count). The number of carbonyl (C=O) groups is 3. The summed E-state index contributed by atoms with van der Waals surface area (Å²) in [6, 6.07) is 4.08. The van der Waals surface area contributed by atoms with E-state index in [1.807, 2.05) is 0 Å². The Kier molecular flexibility index (Phi) is 6.83. The lowest BCUT2D eigenvalue weighted by molar-refractivity contribution is -0.127. The number of hydrogen-bond acceptors (Lipinski definition) is 5. The molecule has 0 aliphatic carbocycles. The predicted octanol–water partition coefficient (Wildman–Crippen LogP) is 2.38. The third-order valence-electron chi connectivity index (χ3n) is 3.77. The molecule has 1 atom stereocenters. The number of nitrogens with one attached hydrogen (secondary N) is 2. The van der Waals surface area contributed by atoms with E-state index >= 15 is 0 Å². The van der Waals surface area contributed by atoms with E-state index in [1.165, 1.54) is 11.9 Å². The summed E-state index contributed by atoms with van der Waals surface area (Å²) >= 11 is 3.33. The highest BCUT2D eigenvalue weighted by Crippen LogP contribution is 2.23. The highest BCUT2D eigenvalue weighted by atomic mass is 79.9. The van der Waals surface area contributed by atoms with Crippen molar-refractivity contribution < 1.29 is 23.9 Å². The summed E-state index contributed by atoms with van der Waals surface area (Å²) in [5.41, 5.74) is -0.0226. The molecule has 1 heterocycles. The molecule has 9 heteroatoms. The molecule has 1 aromatic carbocycles. The Morgan fingerprint density at radius 3 is 2.63 bits per heavy atom. The van der Waals surface area contributed by atoms with Crippen molar-refractivity contribution in [1.82, 2.24) is 10.2 Å². The van der Waals surface area contributed by atoms with Gasteiger partial charge in [0.25, 0.3) is 5.91 Å². The molecular formula is C18H24BrN3O5. The Morgan fingerprint density at radius 1 is 1.30 bits per heavy atom. The van der Waals surface area contributed by atoms with Gasteiger partial charge in [-0.25, -0.2) is 4.79 Å². The van der Waals surface area contributed by atoms with Crippen LogP contribution in [0.4, 0.5) is 10.5 Å². The van der Waals surface area contributed by atoms with Gasteiger partial charge in [0, 0.05) is 18.1 Å². The fourth-order valence-electron chi connectivity index (χ4n) is 2.53. The highest BCUT2D eigenvalue weighted by molar-refractivity contribution is 9.10. The summed E-state index contributed by atoms with van der Waals surface area (Å²) in [4.78, 5) is 38.7. The largest absolute Gasteiger partial charge is 0.444 e. The minimum absolute atomic E-state index is 0.0500. The van der Waals surface area contributed by atoms with Gasteiger partial charge in [0.2, 0.25) is 5.91 Å². The van der Waals surface area contributed by atoms with Gasteiger partial charge in [0.05, 0.1) is 24.5 Å². The van der Waals surface area contributed by atoms with E-state index in [-0.39, 0.29) is 19.1 Å². The molecule has 0 radical (unpaired) electrons. The fraction of sp³-hybridized carbons (Fsp3) is 0.500. The second-order valence-corrected chi connectivity index (χ2v) is 7.94. The van der Waals surface area contributed by atoms with Crippen LogP contribution in [0.3, 0.4) is 0 Å². The lowest BCUT2D eigenvalue weighted by Crippen LogP contribution is -2.55. The van der Waals surface area contributed by atoms with Crippen molar-refractivity contribution in [2.75, 3.05) is 32.1 Å². The SMILES string of the molecule is CNC(=O)c1ccc(Br)cc1NC(=O)C1COCCN1C(=O)OC(C)(C)C. The highest BCUT2D eigenvalue weighted by Gasteiger charge is 2.36. The summed E-state index contributed by atoms with van der Waals surface area (Å²) in [7, 11) is 1.51. The van der Waals surface area contributed by atoms with E-state index in [0.717, 1.165) is 0 Å². The van der Waals surface area contributed by atoms with Gasteiger partial charge in [-0.15, -0.1) is 0 Å². The number of morpholine rings is 1. The minimum atomic E-state index is -0.856. The Hall–Kier alpha value is -2.13. The maximum Gasteiger partial charge on any atom is 0.411 e. The summed E-state index contributed by atoms with van der Waals surface area (Å²) in [6.45, 7) is 5.90. The zero-order valence-electron chi connectivity index (χ0n) is 15.8.